The number of urea groups is 1. The third-order valence-electron chi connectivity index (χ3n) is 3.60. The fourth-order valence-electron chi connectivity index (χ4n) is 2.38. The number of hydrogen-bond acceptors (Lipinski definition) is 3. The third-order valence-corrected chi connectivity index (χ3v) is 3.60. The Bertz CT molecular complexity index is 486. The maximum absolute atomic E-state index is 13.0. The molecule has 1 aliphatic rings. The van der Waals surface area contributed by atoms with Gasteiger partial charge in [0.25, 0.3) is 0 Å². The Labute approximate surface area is 116 Å². The van der Waals surface area contributed by atoms with Crippen LogP contribution in [0.25, 0.3) is 0 Å². The van der Waals surface area contributed by atoms with Crippen LogP contribution in [-0.2, 0) is 4.79 Å². The van der Waals surface area contributed by atoms with Crippen LogP contribution in [0.3, 0.4) is 0 Å². The lowest BCUT2D eigenvalue weighted by Crippen LogP contribution is -2.43. The van der Waals surface area contributed by atoms with Gasteiger partial charge < -0.3 is 11.1 Å². The van der Waals surface area contributed by atoms with Gasteiger partial charge in [-0.25, -0.2) is 9.18 Å². The van der Waals surface area contributed by atoms with Crippen molar-refractivity contribution in [1.82, 2.24) is 10.6 Å². The number of amides is 3. The predicted octanol–water partition coefficient (Wildman–Crippen LogP) is 1.45. The average molecular weight is 279 g/mol. The van der Waals surface area contributed by atoms with E-state index < -0.39 is 11.9 Å². The molecular formula is C14H18FN3O2. The van der Waals surface area contributed by atoms with Crippen LogP contribution in [0.1, 0.15) is 30.9 Å². The molecule has 1 atom stereocenters. The van der Waals surface area contributed by atoms with Crippen molar-refractivity contribution in [3.8, 4) is 0 Å². The molecule has 20 heavy (non-hydrogen) atoms. The summed E-state index contributed by atoms with van der Waals surface area (Å²) in [6.45, 7) is 0.00147. The summed E-state index contributed by atoms with van der Waals surface area (Å²) in [6, 6.07) is 5.38. The van der Waals surface area contributed by atoms with Crippen molar-refractivity contribution < 1.29 is 14.0 Å². The van der Waals surface area contributed by atoms with Crippen molar-refractivity contribution in [1.29, 1.82) is 0 Å². The number of halogens is 1. The summed E-state index contributed by atoms with van der Waals surface area (Å²) in [5.41, 5.74) is 5.83. The minimum atomic E-state index is -0.862. The lowest BCUT2D eigenvalue weighted by Gasteiger charge is -2.34. The number of nitrogens with one attached hydrogen (secondary N) is 2. The maximum Gasteiger partial charge on any atom is 0.318 e. The summed E-state index contributed by atoms with van der Waals surface area (Å²) in [4.78, 5) is 22.0. The first kappa shape index (κ1) is 14.5. The topological polar surface area (TPSA) is 84.2 Å². The van der Waals surface area contributed by atoms with Crippen LogP contribution in [0.2, 0.25) is 0 Å². The van der Waals surface area contributed by atoms with Gasteiger partial charge in [-0.05, 0) is 36.5 Å². The lowest BCUT2D eigenvalue weighted by atomic mass is 9.77. The van der Waals surface area contributed by atoms with Crippen molar-refractivity contribution in [3.63, 3.8) is 0 Å². The number of benzene rings is 1. The Hall–Kier alpha value is -1.95. The zero-order valence-corrected chi connectivity index (χ0v) is 11.1. The zero-order valence-electron chi connectivity index (χ0n) is 11.1. The first-order valence-electron chi connectivity index (χ1n) is 6.64. The largest absolute Gasteiger partial charge is 0.351 e. The molecule has 1 saturated carbocycles. The van der Waals surface area contributed by atoms with Crippen LogP contribution >= 0.6 is 0 Å². The van der Waals surface area contributed by atoms with Crippen LogP contribution < -0.4 is 16.4 Å². The number of imide groups is 1. The highest BCUT2D eigenvalue weighted by Gasteiger charge is 2.28. The fourth-order valence-corrected chi connectivity index (χ4v) is 2.38. The second-order valence-corrected chi connectivity index (χ2v) is 5.01. The molecule has 6 heteroatoms. The first-order valence-corrected chi connectivity index (χ1v) is 6.64. The van der Waals surface area contributed by atoms with Gasteiger partial charge in [0.2, 0.25) is 5.91 Å². The van der Waals surface area contributed by atoms with Crippen LogP contribution in [0.5, 0.6) is 0 Å². The van der Waals surface area contributed by atoms with Crippen molar-refractivity contribution in [2.24, 2.45) is 11.7 Å². The highest BCUT2D eigenvalue weighted by molar-refractivity contribution is 5.94. The molecule has 3 amide bonds. The number of carbonyl (C=O) groups is 2. The summed E-state index contributed by atoms with van der Waals surface area (Å²) < 4.78 is 13.0. The molecule has 0 saturated heterocycles. The molecule has 0 bridgehead atoms. The quantitative estimate of drug-likeness (QED) is 0.762. The van der Waals surface area contributed by atoms with Crippen LogP contribution in [0, 0.1) is 11.7 Å². The van der Waals surface area contributed by atoms with Gasteiger partial charge >= 0.3 is 6.03 Å². The molecule has 0 aromatic heterocycles. The monoisotopic (exact) mass is 279 g/mol. The van der Waals surface area contributed by atoms with Crippen LogP contribution in [-0.4, -0.2) is 18.5 Å². The van der Waals surface area contributed by atoms with Gasteiger partial charge in [0.1, 0.15) is 5.82 Å². The first-order chi connectivity index (χ1) is 9.56. The van der Waals surface area contributed by atoms with Crippen molar-refractivity contribution in [3.05, 3.63) is 35.6 Å². The molecule has 4 N–H and O–H groups in total. The Kier molecular flexibility index (Phi) is 4.68. The highest BCUT2D eigenvalue weighted by Crippen LogP contribution is 2.37. The molecule has 0 heterocycles. The molecule has 108 valence electrons. The van der Waals surface area contributed by atoms with E-state index in [1.807, 2.05) is 5.32 Å². The number of primary amides is 1. The van der Waals surface area contributed by atoms with E-state index in [1.54, 1.807) is 12.1 Å². The molecular weight excluding hydrogens is 261 g/mol. The molecule has 0 radical (unpaired) electrons. The third kappa shape index (κ3) is 3.77. The Balaban J connectivity index is 1.99. The van der Waals surface area contributed by atoms with E-state index in [0.717, 1.165) is 24.8 Å². The number of hydrogen-bond donors (Lipinski definition) is 3. The summed E-state index contributed by atoms with van der Waals surface area (Å²) in [6.07, 6.45) is 3.32. The van der Waals surface area contributed by atoms with Crippen molar-refractivity contribution >= 4 is 11.9 Å². The van der Waals surface area contributed by atoms with Crippen molar-refractivity contribution in [2.45, 2.75) is 25.3 Å². The van der Waals surface area contributed by atoms with Gasteiger partial charge in [0.15, 0.2) is 0 Å². The second kappa shape index (κ2) is 6.47. The van der Waals surface area contributed by atoms with E-state index in [2.05, 4.69) is 5.32 Å². The maximum atomic E-state index is 13.0. The molecule has 0 aliphatic heterocycles. The van der Waals surface area contributed by atoms with Crippen molar-refractivity contribution in [2.75, 3.05) is 6.54 Å². The molecule has 1 fully saturated rings. The smallest absolute Gasteiger partial charge is 0.318 e. The van der Waals surface area contributed by atoms with Gasteiger partial charge in [-0.2, -0.15) is 0 Å². The lowest BCUT2D eigenvalue weighted by molar-refractivity contribution is -0.119. The number of nitrogens with two attached hydrogens (primary N) is 1. The second-order valence-electron chi connectivity index (χ2n) is 5.01. The van der Waals surface area contributed by atoms with Crippen LogP contribution in [0.15, 0.2) is 24.3 Å². The molecule has 5 nitrogen and oxygen atoms in total. The van der Waals surface area contributed by atoms with Gasteiger partial charge in [0.05, 0.1) is 6.54 Å². The van der Waals surface area contributed by atoms with E-state index in [1.165, 1.54) is 12.1 Å². The summed E-state index contributed by atoms with van der Waals surface area (Å²) >= 11 is 0. The molecule has 0 unspecified atom stereocenters. The van der Waals surface area contributed by atoms with Gasteiger partial charge in [-0.1, -0.05) is 18.6 Å². The van der Waals surface area contributed by atoms with E-state index >= 15 is 0 Å². The molecule has 1 aliphatic carbocycles. The van der Waals surface area contributed by atoms with E-state index in [0.29, 0.717) is 5.92 Å². The molecule has 0 spiro atoms. The minimum Gasteiger partial charge on any atom is -0.351 e. The summed E-state index contributed by atoms with van der Waals surface area (Å²) in [7, 11) is 0. The molecule has 1 aromatic carbocycles. The number of rotatable bonds is 5. The summed E-state index contributed by atoms with van der Waals surface area (Å²) in [5, 5.41) is 5.13. The minimum absolute atomic E-state index is 0.00147. The Morgan fingerprint density at radius 3 is 2.45 bits per heavy atom. The standard InChI is InChI=1S/C14H18FN3O2/c15-11-6-4-10(5-7-11)13(9-2-1-3-9)17-8-12(19)18-14(16)20/h4-7,9,13,17H,1-3,8H2,(H3,16,18,19,20)/t13-/m0/s1. The van der Waals surface area contributed by atoms with Crippen LogP contribution in [0.4, 0.5) is 9.18 Å². The Morgan fingerprint density at radius 1 is 1.30 bits per heavy atom. The summed E-state index contributed by atoms with van der Waals surface area (Å²) in [5.74, 6) is -0.321. The van der Waals surface area contributed by atoms with Gasteiger partial charge in [0, 0.05) is 6.04 Å². The zero-order chi connectivity index (χ0) is 14.5. The average Bonchev–Trinajstić information content (AvgIpc) is 2.32. The molecule has 2 rings (SSSR count). The normalized spacial score (nSPS) is 16.2. The van der Waals surface area contributed by atoms with E-state index in [-0.39, 0.29) is 18.4 Å². The van der Waals surface area contributed by atoms with E-state index in [9.17, 15) is 14.0 Å². The SMILES string of the molecule is NC(=O)NC(=O)CN[C@H](c1ccc(F)cc1)C1CCC1. The van der Waals surface area contributed by atoms with Gasteiger partial charge in [-0.15, -0.1) is 0 Å². The van der Waals surface area contributed by atoms with E-state index in [4.69, 9.17) is 5.73 Å². The highest BCUT2D eigenvalue weighted by atomic mass is 19.1. The van der Waals surface area contributed by atoms with Gasteiger partial charge in [-0.3, -0.25) is 10.1 Å². The fraction of sp³-hybridized carbons (Fsp3) is 0.429. The molecule has 1 aromatic rings. The Morgan fingerprint density at radius 2 is 1.95 bits per heavy atom. The number of carbonyl (C=O) groups excluding carboxylic acids is 2. The predicted molar refractivity (Wildman–Crippen MR) is 72.2 cm³/mol.